The molecule has 1 N–H and O–H groups in total. The number of ether oxygens (including phenoxy) is 3. The number of amides is 1. The number of rotatable bonds is 7. The van der Waals surface area contributed by atoms with Gasteiger partial charge in [-0.3, -0.25) is 9.59 Å². The molecular formula is C18H18ClNO5. The molecule has 0 atom stereocenters. The normalized spacial score (nSPS) is 10.0. The predicted molar refractivity (Wildman–Crippen MR) is 93.1 cm³/mol. The molecule has 2 rings (SSSR count). The van der Waals surface area contributed by atoms with Gasteiger partial charge >= 0.3 is 5.97 Å². The molecule has 1 amide bonds. The van der Waals surface area contributed by atoms with Crippen LogP contribution in [0.25, 0.3) is 0 Å². The van der Waals surface area contributed by atoms with E-state index in [0.29, 0.717) is 22.1 Å². The SMILES string of the molecule is COc1ccc(C(=O)NCC(=O)OCc2ccc(Cl)cc2)cc1OC. The lowest BCUT2D eigenvalue weighted by Gasteiger charge is -2.10. The van der Waals surface area contributed by atoms with Crippen molar-refractivity contribution in [2.45, 2.75) is 6.61 Å². The van der Waals surface area contributed by atoms with Crippen LogP contribution in [0.4, 0.5) is 0 Å². The standard InChI is InChI=1S/C18H18ClNO5/c1-23-15-8-5-13(9-16(15)24-2)18(22)20-10-17(21)25-11-12-3-6-14(19)7-4-12/h3-9H,10-11H2,1-2H3,(H,20,22). The van der Waals surface area contributed by atoms with Gasteiger partial charge in [0.15, 0.2) is 11.5 Å². The minimum atomic E-state index is -0.538. The second-order valence-corrected chi connectivity index (χ2v) is 5.48. The summed E-state index contributed by atoms with van der Waals surface area (Å²) in [5.74, 6) is -0.00457. The molecule has 7 heteroatoms. The van der Waals surface area contributed by atoms with E-state index < -0.39 is 11.9 Å². The van der Waals surface area contributed by atoms with E-state index in [2.05, 4.69) is 5.32 Å². The topological polar surface area (TPSA) is 73.9 Å². The lowest BCUT2D eigenvalue weighted by atomic mass is 10.2. The van der Waals surface area contributed by atoms with Crippen molar-refractivity contribution in [1.82, 2.24) is 5.32 Å². The zero-order chi connectivity index (χ0) is 18.2. The second-order valence-electron chi connectivity index (χ2n) is 5.04. The molecule has 0 bridgehead atoms. The summed E-state index contributed by atoms with van der Waals surface area (Å²) in [5, 5.41) is 3.11. The Kier molecular flexibility index (Phi) is 6.65. The summed E-state index contributed by atoms with van der Waals surface area (Å²) in [4.78, 5) is 23.8. The van der Waals surface area contributed by atoms with Crippen LogP contribution in [0.3, 0.4) is 0 Å². The van der Waals surface area contributed by atoms with E-state index in [1.807, 2.05) is 0 Å². The summed E-state index contributed by atoms with van der Waals surface area (Å²) in [7, 11) is 2.99. The number of halogens is 1. The van der Waals surface area contributed by atoms with Gasteiger partial charge in [-0.15, -0.1) is 0 Å². The maximum Gasteiger partial charge on any atom is 0.325 e. The van der Waals surface area contributed by atoms with Crippen molar-refractivity contribution < 1.29 is 23.8 Å². The monoisotopic (exact) mass is 363 g/mol. The number of esters is 1. The molecule has 132 valence electrons. The molecule has 6 nitrogen and oxygen atoms in total. The van der Waals surface area contributed by atoms with Crippen LogP contribution in [-0.2, 0) is 16.1 Å². The highest BCUT2D eigenvalue weighted by atomic mass is 35.5. The molecule has 0 heterocycles. The van der Waals surface area contributed by atoms with Crippen LogP contribution in [0.2, 0.25) is 5.02 Å². The van der Waals surface area contributed by atoms with E-state index in [9.17, 15) is 9.59 Å². The minimum Gasteiger partial charge on any atom is -0.493 e. The molecule has 0 fully saturated rings. The van der Waals surface area contributed by atoms with Gasteiger partial charge in [0.1, 0.15) is 13.2 Å². The second kappa shape index (κ2) is 8.94. The van der Waals surface area contributed by atoms with Gasteiger partial charge in [-0.1, -0.05) is 23.7 Å². The number of hydrogen-bond donors (Lipinski definition) is 1. The molecule has 0 radical (unpaired) electrons. The first kappa shape index (κ1) is 18.6. The van der Waals surface area contributed by atoms with Gasteiger partial charge in [-0.05, 0) is 35.9 Å². The van der Waals surface area contributed by atoms with Crippen LogP contribution in [0.15, 0.2) is 42.5 Å². The van der Waals surface area contributed by atoms with Crippen molar-refractivity contribution >= 4 is 23.5 Å². The Morgan fingerprint density at radius 2 is 1.68 bits per heavy atom. The van der Waals surface area contributed by atoms with Crippen LogP contribution in [0, 0.1) is 0 Å². The van der Waals surface area contributed by atoms with E-state index in [-0.39, 0.29) is 13.2 Å². The van der Waals surface area contributed by atoms with Gasteiger partial charge in [-0.25, -0.2) is 0 Å². The predicted octanol–water partition coefficient (Wildman–Crippen LogP) is 2.83. The summed E-state index contributed by atoms with van der Waals surface area (Å²) in [6.07, 6.45) is 0. The van der Waals surface area contributed by atoms with E-state index in [1.54, 1.807) is 36.4 Å². The van der Waals surface area contributed by atoms with Crippen molar-refractivity contribution in [1.29, 1.82) is 0 Å². The van der Waals surface area contributed by atoms with Crippen molar-refractivity contribution in [2.24, 2.45) is 0 Å². The Morgan fingerprint density at radius 3 is 2.32 bits per heavy atom. The third kappa shape index (κ3) is 5.39. The molecule has 0 aliphatic rings. The van der Waals surface area contributed by atoms with Crippen molar-refractivity contribution in [3.63, 3.8) is 0 Å². The lowest BCUT2D eigenvalue weighted by molar-refractivity contribution is -0.143. The summed E-state index contributed by atoms with van der Waals surface area (Å²) in [6.45, 7) is -0.122. The van der Waals surface area contributed by atoms with E-state index in [1.165, 1.54) is 20.3 Å². The Balaban J connectivity index is 1.84. The first-order valence-electron chi connectivity index (χ1n) is 7.43. The number of benzene rings is 2. The molecule has 0 saturated carbocycles. The molecule has 0 saturated heterocycles. The molecule has 0 spiro atoms. The minimum absolute atomic E-state index is 0.113. The van der Waals surface area contributed by atoms with Crippen LogP contribution in [0.5, 0.6) is 11.5 Å². The highest BCUT2D eigenvalue weighted by molar-refractivity contribution is 6.30. The van der Waals surface area contributed by atoms with Gasteiger partial charge in [0.05, 0.1) is 14.2 Å². The summed E-state index contributed by atoms with van der Waals surface area (Å²) in [5.41, 5.74) is 1.16. The van der Waals surface area contributed by atoms with Crippen molar-refractivity contribution in [2.75, 3.05) is 20.8 Å². The fourth-order valence-corrected chi connectivity index (χ4v) is 2.15. The summed E-state index contributed by atoms with van der Waals surface area (Å²) >= 11 is 5.79. The van der Waals surface area contributed by atoms with E-state index in [0.717, 1.165) is 5.56 Å². The Morgan fingerprint density at radius 1 is 1.00 bits per heavy atom. The van der Waals surface area contributed by atoms with Crippen LogP contribution in [-0.4, -0.2) is 32.6 Å². The average molecular weight is 364 g/mol. The highest BCUT2D eigenvalue weighted by Gasteiger charge is 2.12. The fourth-order valence-electron chi connectivity index (χ4n) is 2.03. The molecule has 2 aromatic rings. The van der Waals surface area contributed by atoms with Gasteiger partial charge in [0, 0.05) is 10.6 Å². The zero-order valence-electron chi connectivity index (χ0n) is 13.9. The fraction of sp³-hybridized carbons (Fsp3) is 0.222. The Hall–Kier alpha value is -2.73. The first-order chi connectivity index (χ1) is 12.0. The van der Waals surface area contributed by atoms with Gasteiger partial charge in [0.25, 0.3) is 5.91 Å². The maximum absolute atomic E-state index is 12.1. The molecule has 25 heavy (non-hydrogen) atoms. The number of hydrogen-bond acceptors (Lipinski definition) is 5. The van der Waals surface area contributed by atoms with Crippen LogP contribution in [0.1, 0.15) is 15.9 Å². The number of carbonyl (C=O) groups excluding carboxylic acids is 2. The quantitative estimate of drug-likeness (QED) is 0.766. The third-order valence-electron chi connectivity index (χ3n) is 3.35. The lowest BCUT2D eigenvalue weighted by Crippen LogP contribution is -2.30. The first-order valence-corrected chi connectivity index (χ1v) is 7.81. The Bertz CT molecular complexity index is 746. The third-order valence-corrected chi connectivity index (χ3v) is 3.60. The smallest absolute Gasteiger partial charge is 0.325 e. The maximum atomic E-state index is 12.1. The summed E-state index contributed by atoms with van der Waals surface area (Å²) in [6, 6.07) is 11.7. The summed E-state index contributed by atoms with van der Waals surface area (Å²) < 4.78 is 15.3. The molecule has 0 unspecified atom stereocenters. The number of methoxy groups -OCH3 is 2. The van der Waals surface area contributed by atoms with Crippen molar-refractivity contribution in [3.05, 3.63) is 58.6 Å². The molecule has 0 aliphatic carbocycles. The molecular weight excluding hydrogens is 346 g/mol. The van der Waals surface area contributed by atoms with Crippen LogP contribution >= 0.6 is 11.6 Å². The van der Waals surface area contributed by atoms with Gasteiger partial charge in [0.2, 0.25) is 0 Å². The molecule has 2 aromatic carbocycles. The zero-order valence-corrected chi connectivity index (χ0v) is 14.6. The number of carbonyl (C=O) groups is 2. The van der Waals surface area contributed by atoms with Crippen molar-refractivity contribution in [3.8, 4) is 11.5 Å². The van der Waals surface area contributed by atoms with Crippen LogP contribution < -0.4 is 14.8 Å². The molecule has 0 aromatic heterocycles. The van der Waals surface area contributed by atoms with Gasteiger partial charge < -0.3 is 19.5 Å². The van der Waals surface area contributed by atoms with E-state index in [4.69, 9.17) is 25.8 Å². The number of nitrogens with one attached hydrogen (secondary N) is 1. The largest absolute Gasteiger partial charge is 0.493 e. The highest BCUT2D eigenvalue weighted by Crippen LogP contribution is 2.27. The Labute approximate surface area is 150 Å². The van der Waals surface area contributed by atoms with E-state index >= 15 is 0 Å². The average Bonchev–Trinajstić information content (AvgIpc) is 2.64. The molecule has 0 aliphatic heterocycles. The van der Waals surface area contributed by atoms with Gasteiger partial charge in [-0.2, -0.15) is 0 Å².